The van der Waals surface area contributed by atoms with Crippen LogP contribution in [0.1, 0.15) is 85.6 Å². The van der Waals surface area contributed by atoms with Crippen LogP contribution in [-0.2, 0) is 49.6 Å². The van der Waals surface area contributed by atoms with E-state index in [1.54, 1.807) is 34.6 Å². The predicted molar refractivity (Wildman–Crippen MR) is 230 cm³/mol. The third kappa shape index (κ3) is 20.2. The van der Waals surface area contributed by atoms with E-state index in [4.69, 9.17) is 17.2 Å². The van der Waals surface area contributed by atoms with Crippen molar-refractivity contribution in [2.45, 2.75) is 129 Å². The second-order valence-electron chi connectivity index (χ2n) is 16.2. The molecule has 0 saturated heterocycles. The van der Waals surface area contributed by atoms with Gasteiger partial charge in [0.25, 0.3) is 0 Å². The van der Waals surface area contributed by atoms with Crippen LogP contribution in [-0.4, -0.2) is 131 Å². The number of benzene rings is 1. The maximum Gasteiger partial charge on any atom is 0.326 e. The van der Waals surface area contributed by atoms with Crippen molar-refractivity contribution in [3.8, 4) is 5.75 Å². The number of carboxylic acids is 1. The number of nitrogens with one attached hydrogen (secondary N) is 7. The topological polar surface area (TPSA) is 377 Å². The standard InChI is InChI=1S/C41H68N10O12/c1-7-23(6)33(44)39(60)49-28(17-24-11-13-25(53)14-12-24)36(57)48-29(18-31(43)54)37(58)50-30(20-52)38(59)47-27(16-21(2)3)35(56)45-19-32(55)51-34(22(4)5)40(61)46-26(41(62)63)10-8-9-15-42/h11-14,21-23,26-30,33-34,52-53H,7-10,15-20,42,44H2,1-6H3,(H2,43,54)(H,45,56)(H,46,61)(H,47,59)(H,48,57)(H,49,60)(H,50,58)(H,51,55)(H,62,63)/t23-,26-,27-,28-,29-,30-,33-,34-/m0/s1. The number of aromatic hydroxyl groups is 1. The molecule has 0 saturated carbocycles. The summed E-state index contributed by atoms with van der Waals surface area (Å²) < 4.78 is 0. The number of nitrogens with two attached hydrogens (primary N) is 3. The van der Waals surface area contributed by atoms with Crippen molar-refractivity contribution in [3.05, 3.63) is 29.8 Å². The molecule has 8 atom stereocenters. The van der Waals surface area contributed by atoms with Crippen molar-refractivity contribution in [1.29, 1.82) is 0 Å². The van der Waals surface area contributed by atoms with Gasteiger partial charge in [-0.05, 0) is 67.7 Å². The number of carboxylic acid groups (broad SMARTS) is 1. The Morgan fingerprint density at radius 1 is 0.683 bits per heavy atom. The quantitative estimate of drug-likeness (QED) is 0.0360. The largest absolute Gasteiger partial charge is 0.508 e. The minimum absolute atomic E-state index is 0.0260. The number of phenols is 1. The molecule has 354 valence electrons. The fourth-order valence-electron chi connectivity index (χ4n) is 6.04. The van der Waals surface area contributed by atoms with Crippen LogP contribution < -0.4 is 54.4 Å². The molecule has 0 fully saturated rings. The van der Waals surface area contributed by atoms with E-state index < -0.39 is 121 Å². The summed E-state index contributed by atoms with van der Waals surface area (Å²) in [7, 11) is 0. The molecule has 0 unspecified atom stereocenters. The summed E-state index contributed by atoms with van der Waals surface area (Å²) in [5.74, 6) is -9.43. The highest BCUT2D eigenvalue weighted by Gasteiger charge is 2.34. The van der Waals surface area contributed by atoms with Crippen LogP contribution in [0.25, 0.3) is 0 Å². The lowest BCUT2D eigenvalue weighted by Gasteiger charge is -2.27. The molecule has 22 heteroatoms. The number of aliphatic hydroxyl groups is 1. The highest BCUT2D eigenvalue weighted by atomic mass is 16.4. The first kappa shape index (κ1) is 55.1. The Hall–Kier alpha value is -5.87. The van der Waals surface area contributed by atoms with Gasteiger partial charge in [-0.25, -0.2) is 4.79 Å². The smallest absolute Gasteiger partial charge is 0.326 e. The van der Waals surface area contributed by atoms with Crippen molar-refractivity contribution in [2.24, 2.45) is 35.0 Å². The molecule has 1 aromatic rings. The third-order valence-electron chi connectivity index (χ3n) is 10.0. The van der Waals surface area contributed by atoms with Gasteiger partial charge >= 0.3 is 5.97 Å². The Morgan fingerprint density at radius 3 is 1.75 bits per heavy atom. The van der Waals surface area contributed by atoms with Gasteiger partial charge in [-0.3, -0.25) is 38.4 Å². The summed E-state index contributed by atoms with van der Waals surface area (Å²) in [6.07, 6.45) is 0.817. The van der Waals surface area contributed by atoms with Crippen LogP contribution in [0.5, 0.6) is 5.75 Å². The summed E-state index contributed by atoms with van der Waals surface area (Å²) in [5, 5.41) is 46.3. The van der Waals surface area contributed by atoms with E-state index in [1.165, 1.54) is 24.3 Å². The average molecular weight is 893 g/mol. The molecule has 16 N–H and O–H groups in total. The zero-order chi connectivity index (χ0) is 48.0. The number of hydrogen-bond donors (Lipinski definition) is 13. The van der Waals surface area contributed by atoms with E-state index in [2.05, 4.69) is 37.2 Å². The number of rotatable bonds is 29. The van der Waals surface area contributed by atoms with Gasteiger partial charge in [0.2, 0.25) is 47.3 Å². The molecule has 1 aromatic carbocycles. The zero-order valence-corrected chi connectivity index (χ0v) is 36.9. The van der Waals surface area contributed by atoms with Crippen LogP contribution in [0.2, 0.25) is 0 Å². The number of unbranched alkanes of at least 4 members (excludes halogenated alkanes) is 1. The van der Waals surface area contributed by atoms with Crippen LogP contribution in [0.3, 0.4) is 0 Å². The first-order valence-electron chi connectivity index (χ1n) is 21.0. The Morgan fingerprint density at radius 2 is 1.22 bits per heavy atom. The molecule has 0 aromatic heterocycles. The third-order valence-corrected chi connectivity index (χ3v) is 10.0. The molecular weight excluding hydrogens is 825 g/mol. The summed E-state index contributed by atoms with van der Waals surface area (Å²) in [5.41, 5.74) is 17.5. The lowest BCUT2D eigenvalue weighted by Crippen LogP contribution is -2.60. The van der Waals surface area contributed by atoms with Gasteiger partial charge in [0.1, 0.15) is 42.0 Å². The maximum absolute atomic E-state index is 13.7. The predicted octanol–water partition coefficient (Wildman–Crippen LogP) is -2.88. The van der Waals surface area contributed by atoms with E-state index in [0.717, 1.165) is 0 Å². The summed E-state index contributed by atoms with van der Waals surface area (Å²) in [4.78, 5) is 117. The second-order valence-corrected chi connectivity index (χ2v) is 16.2. The van der Waals surface area contributed by atoms with Crippen LogP contribution in [0, 0.1) is 17.8 Å². The monoisotopic (exact) mass is 893 g/mol. The van der Waals surface area contributed by atoms with E-state index in [-0.39, 0.29) is 36.8 Å². The molecule has 63 heavy (non-hydrogen) atoms. The van der Waals surface area contributed by atoms with E-state index in [1.807, 2.05) is 6.92 Å². The van der Waals surface area contributed by atoms with Crippen LogP contribution in [0.15, 0.2) is 24.3 Å². The van der Waals surface area contributed by atoms with Crippen molar-refractivity contribution in [1.82, 2.24) is 37.2 Å². The minimum atomic E-state index is -1.73. The molecule has 0 heterocycles. The lowest BCUT2D eigenvalue weighted by atomic mass is 9.98. The first-order chi connectivity index (χ1) is 29.5. The van der Waals surface area contributed by atoms with Gasteiger partial charge in [-0.1, -0.05) is 60.1 Å². The molecular formula is C41H68N10O12. The SMILES string of the molecule is CC[C@H](C)[C@H](N)C(=O)N[C@@H](Cc1ccc(O)cc1)C(=O)N[C@@H](CC(N)=O)C(=O)N[C@@H](CO)C(=O)N[C@@H](CC(C)C)C(=O)NCC(=O)N[C@H](C(=O)N[C@@H](CCCCN)C(=O)O)C(C)C. The second kappa shape index (κ2) is 27.9. The highest BCUT2D eigenvalue weighted by molar-refractivity contribution is 5.98. The first-order valence-corrected chi connectivity index (χ1v) is 21.0. The molecule has 0 spiro atoms. The number of primary amides is 1. The van der Waals surface area contributed by atoms with E-state index in [9.17, 15) is 58.5 Å². The summed E-state index contributed by atoms with van der Waals surface area (Å²) in [6.45, 7) is 9.01. The molecule has 0 aliphatic heterocycles. The lowest BCUT2D eigenvalue weighted by molar-refractivity contribution is -0.142. The van der Waals surface area contributed by atoms with Gasteiger partial charge in [0.15, 0.2) is 0 Å². The Bertz CT molecular complexity index is 1710. The fraction of sp³-hybridized carbons (Fsp3) is 0.634. The molecule has 0 radical (unpaired) electrons. The van der Waals surface area contributed by atoms with Crippen LogP contribution >= 0.6 is 0 Å². The van der Waals surface area contributed by atoms with Gasteiger partial charge in [-0.2, -0.15) is 0 Å². The number of carbonyl (C=O) groups is 9. The van der Waals surface area contributed by atoms with Crippen molar-refractivity contribution in [2.75, 3.05) is 19.7 Å². The molecule has 22 nitrogen and oxygen atoms in total. The number of hydrogen-bond acceptors (Lipinski definition) is 13. The minimum Gasteiger partial charge on any atom is -0.508 e. The van der Waals surface area contributed by atoms with Crippen molar-refractivity contribution < 1.29 is 58.5 Å². The van der Waals surface area contributed by atoms with Crippen LogP contribution in [0.4, 0.5) is 0 Å². The van der Waals surface area contributed by atoms with E-state index in [0.29, 0.717) is 31.4 Å². The summed E-state index contributed by atoms with van der Waals surface area (Å²) in [6, 6.07) is -3.72. The number of amides is 8. The van der Waals surface area contributed by atoms with Gasteiger partial charge < -0.3 is 69.7 Å². The number of carbonyl (C=O) groups excluding carboxylic acids is 8. The Balaban J connectivity index is 3.14. The average Bonchev–Trinajstić information content (AvgIpc) is 3.21. The molecule has 0 aliphatic carbocycles. The normalized spacial score (nSPS) is 15.0. The van der Waals surface area contributed by atoms with Gasteiger partial charge in [0, 0.05) is 6.42 Å². The fourth-order valence-corrected chi connectivity index (χ4v) is 6.04. The molecule has 8 amide bonds. The zero-order valence-electron chi connectivity index (χ0n) is 36.9. The van der Waals surface area contributed by atoms with Crippen molar-refractivity contribution in [3.63, 3.8) is 0 Å². The Kier molecular flexibility index (Phi) is 24.5. The van der Waals surface area contributed by atoms with E-state index >= 15 is 0 Å². The highest BCUT2D eigenvalue weighted by Crippen LogP contribution is 2.13. The van der Waals surface area contributed by atoms with Gasteiger partial charge in [0.05, 0.1) is 25.6 Å². The molecule has 0 bridgehead atoms. The van der Waals surface area contributed by atoms with Crippen molar-refractivity contribution >= 4 is 53.2 Å². The summed E-state index contributed by atoms with van der Waals surface area (Å²) >= 11 is 0. The molecule has 1 rings (SSSR count). The number of phenolic OH excluding ortho intramolecular Hbond substituents is 1. The maximum atomic E-state index is 13.7. The Labute approximate surface area is 367 Å². The number of aliphatic hydroxyl groups excluding tert-OH is 1. The molecule has 0 aliphatic rings. The number of aliphatic carboxylic acids is 1. The van der Waals surface area contributed by atoms with Gasteiger partial charge in [-0.15, -0.1) is 0 Å².